The van der Waals surface area contributed by atoms with Crippen LogP contribution in [0.15, 0.2) is 34.9 Å². The lowest BCUT2D eigenvalue weighted by Gasteiger charge is -1.96. The number of nitrogens with zero attached hydrogens (tertiary/aromatic N) is 1. The molecule has 3 rings (SSSR count). The number of halogens is 1. The van der Waals surface area contributed by atoms with Gasteiger partial charge in [0.1, 0.15) is 5.58 Å². The summed E-state index contributed by atoms with van der Waals surface area (Å²) in [5.74, 6) is -0.0770. The molecule has 0 atom stereocenters. The number of carbonyl (C=O) groups excluding carboxylic acids is 1. The maximum Gasteiger partial charge on any atom is 0.293 e. The van der Waals surface area contributed by atoms with Crippen LogP contribution >= 0.6 is 22.9 Å². The number of anilines is 1. The molecule has 19 heavy (non-hydrogen) atoms. The Morgan fingerprint density at radius 3 is 3.00 bits per heavy atom. The zero-order chi connectivity index (χ0) is 13.4. The van der Waals surface area contributed by atoms with E-state index < -0.39 is 0 Å². The van der Waals surface area contributed by atoms with Gasteiger partial charge >= 0.3 is 0 Å². The van der Waals surface area contributed by atoms with Gasteiger partial charge in [0.25, 0.3) is 5.91 Å². The predicted octanol–water partition coefficient (Wildman–Crippen LogP) is 4.10. The van der Waals surface area contributed by atoms with E-state index in [2.05, 4.69) is 10.3 Å². The number of hydrogen-bond acceptors (Lipinski definition) is 4. The van der Waals surface area contributed by atoms with Crippen LogP contribution in [0.25, 0.3) is 11.0 Å². The molecule has 6 heteroatoms. The lowest BCUT2D eigenvalue weighted by molar-refractivity contribution is 0.0998. The number of rotatable bonds is 2. The molecule has 96 valence electrons. The van der Waals surface area contributed by atoms with Crippen molar-refractivity contribution in [2.24, 2.45) is 0 Å². The molecule has 0 aliphatic carbocycles. The van der Waals surface area contributed by atoms with E-state index in [1.165, 1.54) is 11.3 Å². The van der Waals surface area contributed by atoms with Crippen LogP contribution in [0.1, 0.15) is 15.4 Å². The Labute approximate surface area is 118 Å². The third-order valence-corrected chi connectivity index (χ3v) is 3.61. The summed E-state index contributed by atoms with van der Waals surface area (Å²) in [6.45, 7) is 1.93. The molecule has 0 saturated carbocycles. The first kappa shape index (κ1) is 12.2. The topological polar surface area (TPSA) is 55.1 Å². The summed E-state index contributed by atoms with van der Waals surface area (Å²) in [6, 6.07) is 6.88. The van der Waals surface area contributed by atoms with Gasteiger partial charge in [-0.1, -0.05) is 11.6 Å². The SMILES string of the molecule is Cc1cnc(NC(=O)c2cc3cc(Cl)ccc3o2)s1. The van der Waals surface area contributed by atoms with Gasteiger partial charge < -0.3 is 4.42 Å². The Morgan fingerprint density at radius 2 is 2.26 bits per heavy atom. The highest BCUT2D eigenvalue weighted by Crippen LogP contribution is 2.24. The van der Waals surface area contributed by atoms with Gasteiger partial charge in [0.05, 0.1) is 0 Å². The summed E-state index contributed by atoms with van der Waals surface area (Å²) < 4.78 is 5.47. The molecule has 2 heterocycles. The molecule has 0 spiro atoms. The van der Waals surface area contributed by atoms with Gasteiger partial charge in [-0.2, -0.15) is 0 Å². The summed E-state index contributed by atoms with van der Waals surface area (Å²) >= 11 is 7.30. The van der Waals surface area contributed by atoms with E-state index in [4.69, 9.17) is 16.0 Å². The van der Waals surface area contributed by atoms with Crippen molar-refractivity contribution in [3.8, 4) is 0 Å². The number of aryl methyl sites for hydroxylation is 1. The molecule has 0 bridgehead atoms. The van der Waals surface area contributed by atoms with Crippen LogP contribution in [-0.4, -0.2) is 10.9 Å². The fraction of sp³-hybridized carbons (Fsp3) is 0.0769. The molecular weight excluding hydrogens is 284 g/mol. The van der Waals surface area contributed by atoms with Crippen molar-refractivity contribution in [2.45, 2.75) is 6.92 Å². The van der Waals surface area contributed by atoms with Crippen LogP contribution in [0.2, 0.25) is 5.02 Å². The molecule has 0 aliphatic heterocycles. The lowest BCUT2D eigenvalue weighted by Crippen LogP contribution is -2.10. The third kappa shape index (κ3) is 2.47. The van der Waals surface area contributed by atoms with Crippen molar-refractivity contribution in [3.05, 3.63) is 46.1 Å². The Morgan fingerprint density at radius 1 is 1.42 bits per heavy atom. The Balaban J connectivity index is 1.89. The average Bonchev–Trinajstić information content (AvgIpc) is 2.95. The Hall–Kier alpha value is -1.85. The number of carbonyl (C=O) groups is 1. The van der Waals surface area contributed by atoms with E-state index in [1.807, 2.05) is 6.92 Å². The molecule has 0 radical (unpaired) electrons. The van der Waals surface area contributed by atoms with Gasteiger partial charge in [0.2, 0.25) is 0 Å². The fourth-order valence-corrected chi connectivity index (χ4v) is 2.54. The second-order valence-corrected chi connectivity index (χ2v) is 5.69. The summed E-state index contributed by atoms with van der Waals surface area (Å²) in [7, 11) is 0. The molecule has 0 aliphatic rings. The highest BCUT2D eigenvalue weighted by Gasteiger charge is 2.14. The molecular formula is C13H9ClN2O2S. The van der Waals surface area contributed by atoms with Crippen molar-refractivity contribution in [1.82, 2.24) is 4.98 Å². The quantitative estimate of drug-likeness (QED) is 0.773. The summed E-state index contributed by atoms with van der Waals surface area (Å²) in [6.07, 6.45) is 1.71. The van der Waals surface area contributed by atoms with E-state index >= 15 is 0 Å². The van der Waals surface area contributed by atoms with Crippen LogP contribution in [-0.2, 0) is 0 Å². The van der Waals surface area contributed by atoms with Crippen molar-refractivity contribution in [1.29, 1.82) is 0 Å². The van der Waals surface area contributed by atoms with Gasteiger partial charge in [-0.15, -0.1) is 11.3 Å². The van der Waals surface area contributed by atoms with Crippen molar-refractivity contribution in [3.63, 3.8) is 0 Å². The number of fused-ring (bicyclic) bond motifs is 1. The fourth-order valence-electron chi connectivity index (χ4n) is 1.70. The summed E-state index contributed by atoms with van der Waals surface area (Å²) in [5, 5.41) is 4.66. The molecule has 4 nitrogen and oxygen atoms in total. The summed E-state index contributed by atoms with van der Waals surface area (Å²) in [4.78, 5) is 17.1. The smallest absolute Gasteiger partial charge is 0.293 e. The zero-order valence-corrected chi connectivity index (χ0v) is 11.5. The van der Waals surface area contributed by atoms with Gasteiger partial charge in [-0.25, -0.2) is 4.98 Å². The number of thiazole rings is 1. The van der Waals surface area contributed by atoms with E-state index in [-0.39, 0.29) is 11.7 Å². The predicted molar refractivity (Wildman–Crippen MR) is 76.0 cm³/mol. The van der Waals surface area contributed by atoms with Crippen LogP contribution in [0, 0.1) is 6.92 Å². The molecule has 0 saturated heterocycles. The molecule has 1 aromatic carbocycles. The molecule has 0 fully saturated rings. The van der Waals surface area contributed by atoms with Gasteiger partial charge in [0.15, 0.2) is 10.9 Å². The molecule has 1 amide bonds. The number of amides is 1. The minimum Gasteiger partial charge on any atom is -0.451 e. The molecule has 1 N–H and O–H groups in total. The van der Waals surface area contributed by atoms with Crippen LogP contribution in [0.4, 0.5) is 5.13 Å². The Kier molecular flexibility index (Phi) is 3.00. The highest BCUT2D eigenvalue weighted by atomic mass is 35.5. The van der Waals surface area contributed by atoms with E-state index in [0.717, 1.165) is 10.3 Å². The lowest BCUT2D eigenvalue weighted by atomic mass is 10.2. The minimum absolute atomic E-state index is 0.241. The molecule has 3 aromatic rings. The van der Waals surface area contributed by atoms with Crippen molar-refractivity contribution < 1.29 is 9.21 Å². The van der Waals surface area contributed by atoms with Crippen LogP contribution in [0.3, 0.4) is 0 Å². The van der Waals surface area contributed by atoms with E-state index in [0.29, 0.717) is 15.7 Å². The van der Waals surface area contributed by atoms with E-state index in [9.17, 15) is 4.79 Å². The second kappa shape index (κ2) is 4.68. The second-order valence-electron chi connectivity index (χ2n) is 4.02. The van der Waals surface area contributed by atoms with Gasteiger partial charge in [0, 0.05) is 21.5 Å². The Bertz CT molecular complexity index is 763. The standard InChI is InChI=1S/C13H9ClN2O2S/c1-7-6-15-13(19-7)16-12(17)11-5-8-4-9(14)2-3-10(8)18-11/h2-6H,1H3,(H,15,16,17). The van der Waals surface area contributed by atoms with Crippen LogP contribution < -0.4 is 5.32 Å². The number of aromatic nitrogens is 1. The molecule has 2 aromatic heterocycles. The number of hydrogen-bond donors (Lipinski definition) is 1. The largest absolute Gasteiger partial charge is 0.451 e. The van der Waals surface area contributed by atoms with Crippen LogP contribution in [0.5, 0.6) is 0 Å². The minimum atomic E-state index is -0.318. The number of benzene rings is 1. The van der Waals surface area contributed by atoms with Crippen molar-refractivity contribution in [2.75, 3.05) is 5.32 Å². The summed E-state index contributed by atoms with van der Waals surface area (Å²) in [5.41, 5.74) is 0.630. The van der Waals surface area contributed by atoms with E-state index in [1.54, 1.807) is 30.5 Å². The zero-order valence-electron chi connectivity index (χ0n) is 9.94. The normalized spacial score (nSPS) is 10.8. The third-order valence-electron chi connectivity index (χ3n) is 2.54. The average molecular weight is 293 g/mol. The van der Waals surface area contributed by atoms with Gasteiger partial charge in [-0.05, 0) is 31.2 Å². The highest BCUT2D eigenvalue weighted by molar-refractivity contribution is 7.15. The van der Waals surface area contributed by atoms with Gasteiger partial charge in [-0.3, -0.25) is 10.1 Å². The first-order chi connectivity index (χ1) is 9.11. The monoisotopic (exact) mass is 292 g/mol. The first-order valence-electron chi connectivity index (χ1n) is 5.55. The van der Waals surface area contributed by atoms with Crippen molar-refractivity contribution >= 4 is 44.9 Å². The number of nitrogens with one attached hydrogen (secondary N) is 1. The maximum atomic E-state index is 12.0. The number of furan rings is 1. The maximum absolute atomic E-state index is 12.0. The first-order valence-corrected chi connectivity index (χ1v) is 6.74. The molecule has 0 unspecified atom stereocenters.